The molecule has 0 aromatic heterocycles. The van der Waals surface area contributed by atoms with E-state index >= 15 is 0 Å². The molecule has 1 aromatic carbocycles. The monoisotopic (exact) mass is 472 g/mol. The second-order valence-corrected chi connectivity index (χ2v) is 9.49. The van der Waals surface area contributed by atoms with Crippen LogP contribution < -0.4 is 15.5 Å². The van der Waals surface area contributed by atoms with Gasteiger partial charge in [-0.15, -0.1) is 0 Å². The molecule has 2 atom stereocenters. The van der Waals surface area contributed by atoms with Gasteiger partial charge in [-0.1, -0.05) is 13.8 Å². The predicted octanol–water partition coefficient (Wildman–Crippen LogP) is 0.0103. The Morgan fingerprint density at radius 3 is 2.44 bits per heavy atom. The fourth-order valence-electron chi connectivity index (χ4n) is 3.56. The first-order chi connectivity index (χ1) is 15.2. The number of benzene rings is 1. The Bertz CT molecular complexity index is 870. The van der Waals surface area contributed by atoms with E-state index in [9.17, 15) is 23.2 Å². The molecule has 1 aliphatic rings. The van der Waals surface area contributed by atoms with Crippen LogP contribution in [0.5, 0.6) is 5.75 Å². The number of ether oxygens (including phenoxy) is 2. The van der Waals surface area contributed by atoms with Crippen molar-refractivity contribution in [1.29, 1.82) is 0 Å². The molecule has 0 radical (unpaired) electrons. The molecule has 32 heavy (non-hydrogen) atoms. The van der Waals surface area contributed by atoms with Crippen LogP contribution >= 0.6 is 0 Å². The van der Waals surface area contributed by atoms with Gasteiger partial charge in [-0.3, -0.25) is 14.8 Å². The minimum Gasteiger partial charge on any atom is -0.497 e. The minimum atomic E-state index is -4.29. The van der Waals surface area contributed by atoms with Gasteiger partial charge in [-0.25, -0.2) is 13.9 Å². The second kappa shape index (κ2) is 11.6. The summed E-state index contributed by atoms with van der Waals surface area (Å²) in [5.41, 5.74) is 1.52. The molecular formula is C20H32N4O7S. The number of carbonyl (C=O) groups excluding carboxylic acids is 2. The fraction of sp³-hybridized carbons (Fsp3) is 0.600. The predicted molar refractivity (Wildman–Crippen MR) is 115 cm³/mol. The molecule has 1 heterocycles. The maximum Gasteiger partial charge on any atom is 0.262 e. The molecule has 0 spiro atoms. The number of morpholine rings is 1. The molecule has 11 nitrogen and oxygen atoms in total. The lowest BCUT2D eigenvalue weighted by Crippen LogP contribution is -2.57. The Hall–Kier alpha value is -2.25. The zero-order valence-electron chi connectivity index (χ0n) is 18.8. The number of sulfonamides is 1. The van der Waals surface area contributed by atoms with Gasteiger partial charge in [0.15, 0.2) is 0 Å². The highest BCUT2D eigenvalue weighted by Gasteiger charge is 2.40. The molecule has 1 fully saturated rings. The fourth-order valence-corrected chi connectivity index (χ4v) is 5.23. The van der Waals surface area contributed by atoms with Crippen molar-refractivity contribution in [1.82, 2.24) is 20.0 Å². The summed E-state index contributed by atoms with van der Waals surface area (Å²) in [6.45, 7) is 6.21. The van der Waals surface area contributed by atoms with Crippen LogP contribution in [0.25, 0.3) is 0 Å². The lowest BCUT2D eigenvalue weighted by atomic mass is 10.0. The Morgan fingerprint density at radius 2 is 1.97 bits per heavy atom. The summed E-state index contributed by atoms with van der Waals surface area (Å²) in [7, 11) is -2.84. The smallest absolute Gasteiger partial charge is 0.262 e. The second-order valence-electron chi connectivity index (χ2n) is 7.60. The Kier molecular flexibility index (Phi) is 9.40. The number of hydrogen-bond donors (Lipinski definition) is 3. The average molecular weight is 473 g/mol. The van der Waals surface area contributed by atoms with Gasteiger partial charge in [0.25, 0.3) is 5.91 Å². The third-order valence-corrected chi connectivity index (χ3v) is 7.04. The van der Waals surface area contributed by atoms with Gasteiger partial charge >= 0.3 is 0 Å². The van der Waals surface area contributed by atoms with Gasteiger partial charge in [0.05, 0.1) is 25.2 Å². The van der Waals surface area contributed by atoms with Gasteiger partial charge in [0.1, 0.15) is 18.0 Å². The number of rotatable bonds is 10. The molecule has 1 aliphatic heterocycles. The van der Waals surface area contributed by atoms with Crippen LogP contribution in [-0.4, -0.2) is 86.8 Å². The number of hydrogen-bond acceptors (Lipinski definition) is 8. The van der Waals surface area contributed by atoms with Crippen molar-refractivity contribution in [3.8, 4) is 5.75 Å². The highest BCUT2D eigenvalue weighted by molar-refractivity contribution is 7.89. The summed E-state index contributed by atoms with van der Waals surface area (Å²) < 4.78 is 38.6. The molecule has 0 aliphatic carbocycles. The molecule has 0 saturated carbocycles. The van der Waals surface area contributed by atoms with E-state index in [4.69, 9.17) is 9.47 Å². The number of hydroxylamine groups is 1. The van der Waals surface area contributed by atoms with Crippen LogP contribution in [0.15, 0.2) is 29.2 Å². The molecule has 2 amide bonds. The van der Waals surface area contributed by atoms with Crippen LogP contribution in [0, 0.1) is 5.92 Å². The molecule has 1 aromatic rings. The summed E-state index contributed by atoms with van der Waals surface area (Å²) in [5, 5.41) is 12.4. The number of carbonyl (C=O) groups is 2. The zero-order valence-corrected chi connectivity index (χ0v) is 19.6. The van der Waals surface area contributed by atoms with Gasteiger partial charge in [-0.2, -0.15) is 4.31 Å². The third kappa shape index (κ3) is 5.95. The van der Waals surface area contributed by atoms with Crippen molar-refractivity contribution < 1.29 is 32.7 Å². The van der Waals surface area contributed by atoms with E-state index in [0.29, 0.717) is 32.0 Å². The number of likely N-dealkylation sites (N-methyl/N-ethyl adjacent to an activating group) is 1. The van der Waals surface area contributed by atoms with Crippen molar-refractivity contribution in [2.75, 3.05) is 39.9 Å². The molecular weight excluding hydrogens is 440 g/mol. The summed E-state index contributed by atoms with van der Waals surface area (Å²) >= 11 is 0. The van der Waals surface area contributed by atoms with E-state index in [-0.39, 0.29) is 4.90 Å². The first kappa shape index (κ1) is 26.0. The largest absolute Gasteiger partial charge is 0.497 e. The van der Waals surface area contributed by atoms with E-state index in [1.807, 2.05) is 0 Å². The lowest BCUT2D eigenvalue weighted by Gasteiger charge is -2.37. The first-order valence-corrected chi connectivity index (χ1v) is 11.8. The quantitative estimate of drug-likeness (QED) is 0.320. The third-order valence-electron chi connectivity index (χ3n) is 5.19. The summed E-state index contributed by atoms with van der Waals surface area (Å²) in [6, 6.07) is 4.31. The maximum atomic E-state index is 13.5. The van der Waals surface area contributed by atoms with Gasteiger partial charge in [-0.05, 0) is 37.1 Å². The number of amides is 2. The van der Waals surface area contributed by atoms with E-state index in [0.717, 1.165) is 4.31 Å². The van der Waals surface area contributed by atoms with Gasteiger partial charge in [0, 0.05) is 19.6 Å². The van der Waals surface area contributed by atoms with Crippen molar-refractivity contribution in [2.45, 2.75) is 37.9 Å². The van der Waals surface area contributed by atoms with Crippen molar-refractivity contribution in [2.24, 2.45) is 5.92 Å². The van der Waals surface area contributed by atoms with Crippen LogP contribution in [-0.2, 0) is 24.3 Å². The topological polar surface area (TPSA) is 138 Å². The van der Waals surface area contributed by atoms with E-state index < -0.39 is 46.6 Å². The van der Waals surface area contributed by atoms with Gasteiger partial charge < -0.3 is 19.7 Å². The highest BCUT2D eigenvalue weighted by atomic mass is 32.2. The molecule has 0 bridgehead atoms. The Labute approximate surface area is 188 Å². The molecule has 2 unspecified atom stereocenters. The lowest BCUT2D eigenvalue weighted by molar-refractivity contribution is -0.149. The maximum absolute atomic E-state index is 13.5. The summed E-state index contributed by atoms with van der Waals surface area (Å²) in [6.07, 6.45) is -0.545. The van der Waals surface area contributed by atoms with Crippen molar-refractivity contribution in [3.63, 3.8) is 0 Å². The highest BCUT2D eigenvalue weighted by Crippen LogP contribution is 2.25. The molecule has 2 rings (SSSR count). The summed E-state index contributed by atoms with van der Waals surface area (Å²) in [4.78, 5) is 27.0. The zero-order chi connectivity index (χ0) is 23.9. The van der Waals surface area contributed by atoms with E-state index in [2.05, 4.69) is 5.32 Å². The minimum absolute atomic E-state index is 0.110. The number of nitrogens with zero attached hydrogens (tertiary/aromatic N) is 2. The first-order valence-electron chi connectivity index (χ1n) is 10.4. The van der Waals surface area contributed by atoms with Crippen LogP contribution in [0.2, 0.25) is 0 Å². The van der Waals surface area contributed by atoms with E-state index in [1.54, 1.807) is 20.8 Å². The van der Waals surface area contributed by atoms with Crippen LogP contribution in [0.4, 0.5) is 0 Å². The standard InChI is InChI=1S/C20H32N4O7S/c1-5-23(18-12-21-10-11-31-18)17(25)13-24(19(14(2)3)20(26)22-27)32(28,29)16-8-6-15(30-4)7-9-16/h6-9,14,18-19,21,27H,5,10-13H2,1-4H3,(H,22,26). The summed E-state index contributed by atoms with van der Waals surface area (Å²) in [5.74, 6) is -1.52. The van der Waals surface area contributed by atoms with Gasteiger partial charge in [0.2, 0.25) is 15.9 Å². The van der Waals surface area contributed by atoms with Crippen LogP contribution in [0.3, 0.4) is 0 Å². The molecule has 3 N–H and O–H groups in total. The Morgan fingerprint density at radius 1 is 1.31 bits per heavy atom. The van der Waals surface area contributed by atoms with Crippen molar-refractivity contribution >= 4 is 21.8 Å². The number of nitrogens with one attached hydrogen (secondary N) is 2. The molecule has 180 valence electrons. The van der Waals surface area contributed by atoms with Crippen LogP contribution in [0.1, 0.15) is 20.8 Å². The Balaban J connectivity index is 2.44. The van der Waals surface area contributed by atoms with Crippen molar-refractivity contribution in [3.05, 3.63) is 24.3 Å². The average Bonchev–Trinajstić information content (AvgIpc) is 2.79. The molecule has 1 saturated heterocycles. The SMILES string of the molecule is CCN(C(=O)CN(C(C(=O)NO)C(C)C)S(=O)(=O)c1ccc(OC)cc1)C1CNCCO1. The normalized spacial score (nSPS) is 17.8. The van der Waals surface area contributed by atoms with E-state index in [1.165, 1.54) is 41.8 Å². The number of methoxy groups -OCH3 is 1. The molecule has 12 heteroatoms.